The predicted molar refractivity (Wildman–Crippen MR) is 82.5 cm³/mol. The number of carbonyl (C=O) groups excluding carboxylic acids is 1. The van der Waals surface area contributed by atoms with E-state index in [1.807, 2.05) is 35.0 Å². The summed E-state index contributed by atoms with van der Waals surface area (Å²) in [7, 11) is 0. The molecule has 1 aromatic heterocycles. The maximum atomic E-state index is 12.4. The topological polar surface area (TPSA) is 59.0 Å². The van der Waals surface area contributed by atoms with Crippen LogP contribution in [-0.4, -0.2) is 28.0 Å². The molecule has 5 heteroatoms. The van der Waals surface area contributed by atoms with Gasteiger partial charge in [-0.3, -0.25) is 4.79 Å². The van der Waals surface area contributed by atoms with Crippen LogP contribution in [0.15, 0.2) is 43.0 Å². The van der Waals surface area contributed by atoms with Gasteiger partial charge in [-0.05, 0) is 31.5 Å². The van der Waals surface area contributed by atoms with E-state index in [1.54, 1.807) is 12.5 Å². The highest BCUT2D eigenvalue weighted by molar-refractivity contribution is 5.96. The van der Waals surface area contributed by atoms with Gasteiger partial charge in [0.15, 0.2) is 0 Å². The molecule has 1 atom stereocenters. The number of hydrogen-bond acceptors (Lipinski definition) is 3. The molecule has 110 valence electrons. The lowest BCUT2D eigenvalue weighted by atomic mass is 10.1. The minimum Gasteiger partial charge on any atom is -0.323 e. The van der Waals surface area contributed by atoms with Crippen molar-refractivity contribution in [2.45, 2.75) is 31.7 Å². The molecule has 0 spiro atoms. The molecule has 21 heavy (non-hydrogen) atoms. The monoisotopic (exact) mass is 284 g/mol. The van der Waals surface area contributed by atoms with E-state index >= 15 is 0 Å². The molecule has 2 heterocycles. The summed E-state index contributed by atoms with van der Waals surface area (Å²) in [5.41, 5.74) is 1.74. The fraction of sp³-hybridized carbons (Fsp3) is 0.375. The zero-order valence-corrected chi connectivity index (χ0v) is 12.0. The highest BCUT2D eigenvalue weighted by atomic mass is 16.2. The van der Waals surface area contributed by atoms with Crippen LogP contribution in [0.4, 0.5) is 5.69 Å². The van der Waals surface area contributed by atoms with Gasteiger partial charge in [0, 0.05) is 12.4 Å². The smallest absolute Gasteiger partial charge is 0.241 e. The third-order valence-corrected chi connectivity index (χ3v) is 3.82. The Balaban J connectivity index is 1.77. The second-order valence-corrected chi connectivity index (χ2v) is 5.33. The first-order valence-electron chi connectivity index (χ1n) is 7.46. The van der Waals surface area contributed by atoms with E-state index in [-0.39, 0.29) is 11.9 Å². The molecule has 3 rings (SSSR count). The molecule has 1 aliphatic heterocycles. The van der Waals surface area contributed by atoms with Crippen molar-refractivity contribution in [3.8, 4) is 5.69 Å². The van der Waals surface area contributed by atoms with E-state index in [4.69, 9.17) is 0 Å². The lowest BCUT2D eigenvalue weighted by Crippen LogP contribution is -2.40. The molecule has 1 amide bonds. The maximum Gasteiger partial charge on any atom is 0.241 e. The van der Waals surface area contributed by atoms with E-state index in [0.717, 1.165) is 37.2 Å². The van der Waals surface area contributed by atoms with Gasteiger partial charge in [-0.15, -0.1) is 0 Å². The number of imidazole rings is 1. The van der Waals surface area contributed by atoms with Crippen molar-refractivity contribution in [1.29, 1.82) is 0 Å². The first kappa shape index (κ1) is 13.8. The summed E-state index contributed by atoms with van der Waals surface area (Å²) in [6.07, 6.45) is 9.68. The molecular formula is C16H20N4O. The summed E-state index contributed by atoms with van der Waals surface area (Å²) in [5, 5.41) is 6.37. The molecule has 1 fully saturated rings. The largest absolute Gasteiger partial charge is 0.323 e. The first-order chi connectivity index (χ1) is 10.3. The van der Waals surface area contributed by atoms with E-state index in [2.05, 4.69) is 15.6 Å². The average molecular weight is 284 g/mol. The van der Waals surface area contributed by atoms with Gasteiger partial charge in [0.1, 0.15) is 0 Å². The quantitative estimate of drug-likeness (QED) is 0.909. The molecule has 1 aliphatic rings. The van der Waals surface area contributed by atoms with Gasteiger partial charge in [0.25, 0.3) is 0 Å². The minimum absolute atomic E-state index is 0.0458. The van der Waals surface area contributed by atoms with Crippen LogP contribution in [0.25, 0.3) is 5.69 Å². The standard InChI is InChI=1S/C16H20N4O/c21-16(14-7-2-1-5-9-18-14)19-13-6-3-4-8-15(13)20-11-10-17-12-20/h3-4,6,8,10-12,14,18H,1-2,5,7,9H2,(H,19,21). The summed E-state index contributed by atoms with van der Waals surface area (Å²) in [6, 6.07) is 7.68. The molecule has 2 N–H and O–H groups in total. The maximum absolute atomic E-state index is 12.4. The average Bonchev–Trinajstić information content (AvgIpc) is 2.89. The number of rotatable bonds is 3. The molecule has 1 aromatic carbocycles. The van der Waals surface area contributed by atoms with Crippen molar-refractivity contribution in [3.63, 3.8) is 0 Å². The Morgan fingerprint density at radius 2 is 2.19 bits per heavy atom. The number of anilines is 1. The number of carbonyl (C=O) groups is 1. The van der Waals surface area contributed by atoms with Crippen LogP contribution in [0.1, 0.15) is 25.7 Å². The molecule has 0 radical (unpaired) electrons. The van der Waals surface area contributed by atoms with Gasteiger partial charge in [-0.2, -0.15) is 0 Å². The van der Waals surface area contributed by atoms with Crippen molar-refractivity contribution in [2.75, 3.05) is 11.9 Å². The number of nitrogens with one attached hydrogen (secondary N) is 2. The van der Waals surface area contributed by atoms with Crippen LogP contribution in [0.3, 0.4) is 0 Å². The third-order valence-electron chi connectivity index (χ3n) is 3.82. The van der Waals surface area contributed by atoms with Gasteiger partial charge >= 0.3 is 0 Å². The Morgan fingerprint density at radius 1 is 1.29 bits per heavy atom. The zero-order valence-electron chi connectivity index (χ0n) is 12.0. The number of hydrogen-bond donors (Lipinski definition) is 2. The Morgan fingerprint density at radius 3 is 3.05 bits per heavy atom. The SMILES string of the molecule is O=C(Nc1ccccc1-n1ccnc1)C1CCCCCN1. The van der Waals surface area contributed by atoms with Crippen LogP contribution in [-0.2, 0) is 4.79 Å². The van der Waals surface area contributed by atoms with Gasteiger partial charge in [-0.25, -0.2) is 4.98 Å². The van der Waals surface area contributed by atoms with Gasteiger partial charge in [-0.1, -0.05) is 25.0 Å². The second kappa shape index (κ2) is 6.54. The summed E-state index contributed by atoms with van der Waals surface area (Å²) >= 11 is 0. The van der Waals surface area contributed by atoms with Crippen LogP contribution in [0, 0.1) is 0 Å². The van der Waals surface area contributed by atoms with Crippen molar-refractivity contribution in [2.24, 2.45) is 0 Å². The second-order valence-electron chi connectivity index (χ2n) is 5.33. The number of amides is 1. The van der Waals surface area contributed by atoms with Crippen molar-refractivity contribution in [3.05, 3.63) is 43.0 Å². The molecule has 0 saturated carbocycles. The number of nitrogens with zero attached hydrogens (tertiary/aromatic N) is 2. The Bertz CT molecular complexity index is 586. The van der Waals surface area contributed by atoms with E-state index < -0.39 is 0 Å². The Hall–Kier alpha value is -2.14. The van der Waals surface area contributed by atoms with Crippen molar-refractivity contribution >= 4 is 11.6 Å². The normalized spacial score (nSPS) is 19.0. The molecule has 0 aliphatic carbocycles. The Labute approximate surface area is 124 Å². The fourth-order valence-corrected chi connectivity index (χ4v) is 2.68. The number of benzene rings is 1. The fourth-order valence-electron chi connectivity index (χ4n) is 2.68. The zero-order chi connectivity index (χ0) is 14.5. The highest BCUT2D eigenvalue weighted by Crippen LogP contribution is 2.20. The van der Waals surface area contributed by atoms with Crippen LogP contribution < -0.4 is 10.6 Å². The van der Waals surface area contributed by atoms with E-state index in [9.17, 15) is 4.79 Å². The molecule has 1 unspecified atom stereocenters. The van der Waals surface area contributed by atoms with Crippen LogP contribution >= 0.6 is 0 Å². The van der Waals surface area contributed by atoms with E-state index in [0.29, 0.717) is 0 Å². The molecular weight excluding hydrogens is 264 g/mol. The molecule has 5 nitrogen and oxygen atoms in total. The summed E-state index contributed by atoms with van der Waals surface area (Å²) < 4.78 is 1.90. The number of para-hydroxylation sites is 2. The van der Waals surface area contributed by atoms with Gasteiger partial charge in [0.2, 0.25) is 5.91 Å². The lowest BCUT2D eigenvalue weighted by molar-refractivity contribution is -0.118. The van der Waals surface area contributed by atoms with Crippen molar-refractivity contribution < 1.29 is 4.79 Å². The highest BCUT2D eigenvalue weighted by Gasteiger charge is 2.20. The molecule has 2 aromatic rings. The Kier molecular flexibility index (Phi) is 4.31. The van der Waals surface area contributed by atoms with Crippen LogP contribution in [0.2, 0.25) is 0 Å². The first-order valence-corrected chi connectivity index (χ1v) is 7.46. The van der Waals surface area contributed by atoms with Crippen molar-refractivity contribution in [1.82, 2.24) is 14.9 Å². The summed E-state index contributed by atoms with van der Waals surface area (Å²) in [6.45, 7) is 0.918. The number of aromatic nitrogens is 2. The van der Waals surface area contributed by atoms with Gasteiger partial charge in [0.05, 0.1) is 23.7 Å². The summed E-state index contributed by atoms with van der Waals surface area (Å²) in [4.78, 5) is 16.5. The van der Waals surface area contributed by atoms with Crippen LogP contribution in [0.5, 0.6) is 0 Å². The molecule has 1 saturated heterocycles. The van der Waals surface area contributed by atoms with E-state index in [1.165, 1.54) is 6.42 Å². The van der Waals surface area contributed by atoms with Gasteiger partial charge < -0.3 is 15.2 Å². The summed E-state index contributed by atoms with van der Waals surface area (Å²) in [5.74, 6) is 0.0458. The molecule has 0 bridgehead atoms. The third kappa shape index (κ3) is 3.31. The predicted octanol–water partition coefficient (Wildman–Crippen LogP) is 2.34. The minimum atomic E-state index is -0.0941. The lowest BCUT2D eigenvalue weighted by Gasteiger charge is -2.17.